The van der Waals surface area contributed by atoms with Gasteiger partial charge < -0.3 is 4.74 Å². The fourth-order valence-electron chi connectivity index (χ4n) is 4.83. The molecule has 178 valence electrons. The average Bonchev–Trinajstić information content (AvgIpc) is 3.43. The maximum atomic E-state index is 13.4. The Morgan fingerprint density at radius 3 is 2.62 bits per heavy atom. The Balaban J connectivity index is 1.33. The van der Waals surface area contributed by atoms with Crippen molar-refractivity contribution in [2.24, 2.45) is 0 Å². The number of nitrogens with zero attached hydrogens (tertiary/aromatic N) is 3. The first-order valence-electron chi connectivity index (χ1n) is 11.3. The molecular formula is C24H25N3O5S2. The smallest absolute Gasteiger partial charge is 0.327 e. The third-order valence-corrected chi connectivity index (χ3v) is 8.99. The Bertz CT molecular complexity index is 1330. The summed E-state index contributed by atoms with van der Waals surface area (Å²) in [5, 5.41) is 3.77. The average molecular weight is 500 g/mol. The molecule has 34 heavy (non-hydrogen) atoms. The van der Waals surface area contributed by atoms with Crippen molar-refractivity contribution >= 4 is 54.8 Å². The minimum absolute atomic E-state index is 0.0135. The van der Waals surface area contributed by atoms with E-state index < -0.39 is 28.6 Å². The van der Waals surface area contributed by atoms with Crippen LogP contribution in [0, 0.1) is 0 Å². The van der Waals surface area contributed by atoms with Crippen LogP contribution in [-0.2, 0) is 24.3 Å². The van der Waals surface area contributed by atoms with Crippen molar-refractivity contribution in [1.82, 2.24) is 4.98 Å². The maximum absolute atomic E-state index is 13.4. The van der Waals surface area contributed by atoms with Crippen LogP contribution in [0.2, 0.25) is 0 Å². The number of carbonyl (C=O) groups excluding carboxylic acids is 2. The molecule has 1 unspecified atom stereocenters. The van der Waals surface area contributed by atoms with Gasteiger partial charge in [-0.3, -0.25) is 18.8 Å². The Morgan fingerprint density at radius 2 is 1.91 bits per heavy atom. The summed E-state index contributed by atoms with van der Waals surface area (Å²) in [6.07, 6.45) is 5.54. The van der Waals surface area contributed by atoms with Crippen LogP contribution in [0.4, 0.5) is 10.8 Å². The highest BCUT2D eigenvalue weighted by Crippen LogP contribution is 2.41. The molecule has 1 atom stereocenters. The number of aromatic nitrogens is 1. The van der Waals surface area contributed by atoms with E-state index in [-0.39, 0.29) is 16.8 Å². The molecule has 1 aromatic heterocycles. The Morgan fingerprint density at radius 1 is 1.18 bits per heavy atom. The van der Waals surface area contributed by atoms with Crippen molar-refractivity contribution in [3.05, 3.63) is 48.0 Å². The van der Waals surface area contributed by atoms with E-state index in [1.807, 2.05) is 17.5 Å². The number of thiazole rings is 1. The second-order valence-corrected chi connectivity index (χ2v) is 11.3. The molecular weight excluding hydrogens is 474 g/mol. The fraction of sp³-hybridized carbons (Fsp3) is 0.375. The summed E-state index contributed by atoms with van der Waals surface area (Å²) >= 11 is 1.37. The molecule has 1 fully saturated rings. The van der Waals surface area contributed by atoms with Crippen molar-refractivity contribution in [3.8, 4) is 0 Å². The highest BCUT2D eigenvalue weighted by Gasteiger charge is 2.38. The molecule has 1 aliphatic heterocycles. The number of benzene rings is 2. The van der Waals surface area contributed by atoms with Crippen LogP contribution in [0.3, 0.4) is 0 Å². The van der Waals surface area contributed by atoms with Gasteiger partial charge in [-0.2, -0.15) is 0 Å². The van der Waals surface area contributed by atoms with E-state index >= 15 is 0 Å². The van der Waals surface area contributed by atoms with Crippen molar-refractivity contribution in [3.63, 3.8) is 0 Å². The number of rotatable bonds is 6. The lowest BCUT2D eigenvalue weighted by atomic mass is 9.94. The van der Waals surface area contributed by atoms with Crippen LogP contribution >= 0.6 is 11.3 Å². The van der Waals surface area contributed by atoms with Gasteiger partial charge in [0.15, 0.2) is 11.2 Å². The summed E-state index contributed by atoms with van der Waals surface area (Å²) in [6, 6.07) is 10.3. The predicted molar refractivity (Wildman–Crippen MR) is 131 cm³/mol. The number of ether oxygens (including phenoxy) is 1. The molecule has 1 amide bonds. The molecule has 2 aromatic carbocycles. The second kappa shape index (κ2) is 8.99. The summed E-state index contributed by atoms with van der Waals surface area (Å²) in [4.78, 5) is 32.3. The third kappa shape index (κ3) is 3.94. The van der Waals surface area contributed by atoms with Gasteiger partial charge in [0.05, 0.1) is 10.6 Å². The van der Waals surface area contributed by atoms with Crippen LogP contribution in [0.5, 0.6) is 0 Å². The minimum Gasteiger partial charge on any atom is -0.451 e. The van der Waals surface area contributed by atoms with Crippen molar-refractivity contribution < 1.29 is 22.7 Å². The van der Waals surface area contributed by atoms with Crippen molar-refractivity contribution in [1.29, 1.82) is 0 Å². The summed E-state index contributed by atoms with van der Waals surface area (Å²) < 4.78 is 32.8. The zero-order valence-electron chi connectivity index (χ0n) is 18.7. The van der Waals surface area contributed by atoms with Crippen molar-refractivity contribution in [2.75, 3.05) is 15.7 Å². The fourth-order valence-corrected chi connectivity index (χ4v) is 7.20. The summed E-state index contributed by atoms with van der Waals surface area (Å²) in [5.74, 6) is -1.12. The van der Waals surface area contributed by atoms with Crippen LogP contribution in [0.15, 0.2) is 52.9 Å². The normalized spacial score (nSPS) is 18.1. The zero-order chi connectivity index (χ0) is 23.9. The standard InChI is InChI=1S/C24H25N3O5S2/c1-16(23(29)27(24-25-13-14-33-24)18-9-3-2-4-10-18)32-21(28)15-26-19-11-5-7-17-8-6-12-20(22(17)19)34(26,30)31/h5-8,11-14,16,18H,2-4,9-10,15H2,1H3. The Labute approximate surface area is 202 Å². The number of hydrogen-bond acceptors (Lipinski definition) is 7. The van der Waals surface area contributed by atoms with Gasteiger partial charge in [-0.05, 0) is 37.3 Å². The third-order valence-electron chi connectivity index (χ3n) is 6.41. The van der Waals surface area contributed by atoms with Crippen LogP contribution < -0.4 is 9.21 Å². The molecule has 10 heteroatoms. The second-order valence-electron chi connectivity index (χ2n) is 8.59. The van der Waals surface area contributed by atoms with Gasteiger partial charge in [-0.25, -0.2) is 13.4 Å². The summed E-state index contributed by atoms with van der Waals surface area (Å²) in [7, 11) is -3.89. The number of sulfonamides is 1. The SMILES string of the molecule is CC(OC(=O)CN1c2cccc3cccc(c23)S1(=O)=O)C(=O)N(c1nccs1)C1CCCCC1. The van der Waals surface area contributed by atoms with Gasteiger partial charge in [0.1, 0.15) is 6.54 Å². The molecule has 0 N–H and O–H groups in total. The topological polar surface area (TPSA) is 96.9 Å². The molecule has 2 heterocycles. The van der Waals surface area contributed by atoms with E-state index in [1.54, 1.807) is 29.3 Å². The highest BCUT2D eigenvalue weighted by atomic mass is 32.2. The maximum Gasteiger partial charge on any atom is 0.327 e. The van der Waals surface area contributed by atoms with Gasteiger partial charge in [0, 0.05) is 23.0 Å². The van der Waals surface area contributed by atoms with Gasteiger partial charge in [0.2, 0.25) is 0 Å². The number of hydrogen-bond donors (Lipinski definition) is 0. The predicted octanol–water partition coefficient (Wildman–Crippen LogP) is 4.10. The number of esters is 1. The zero-order valence-corrected chi connectivity index (χ0v) is 20.3. The van der Waals surface area contributed by atoms with Crippen LogP contribution in [0.1, 0.15) is 39.0 Å². The number of amides is 1. The number of anilines is 2. The van der Waals surface area contributed by atoms with E-state index in [0.717, 1.165) is 41.8 Å². The van der Waals surface area contributed by atoms with E-state index in [9.17, 15) is 18.0 Å². The quantitative estimate of drug-likeness (QED) is 0.474. The largest absolute Gasteiger partial charge is 0.451 e. The van der Waals surface area contributed by atoms with E-state index in [0.29, 0.717) is 16.2 Å². The number of carbonyl (C=O) groups is 2. The molecule has 0 spiro atoms. The van der Waals surface area contributed by atoms with E-state index in [1.165, 1.54) is 24.3 Å². The molecule has 3 aromatic rings. The minimum atomic E-state index is -3.89. The molecule has 0 radical (unpaired) electrons. The van der Waals surface area contributed by atoms with Crippen LogP contribution in [-0.4, -0.2) is 44.0 Å². The van der Waals surface area contributed by atoms with Gasteiger partial charge in [-0.15, -0.1) is 11.3 Å². The molecule has 2 aliphatic rings. The molecule has 1 aliphatic carbocycles. The first-order valence-corrected chi connectivity index (χ1v) is 13.7. The van der Waals surface area contributed by atoms with Crippen molar-refractivity contribution in [2.45, 2.75) is 56.1 Å². The Hall–Kier alpha value is -2.98. The van der Waals surface area contributed by atoms with Gasteiger partial charge in [0.25, 0.3) is 15.9 Å². The molecule has 1 saturated carbocycles. The Kier molecular flexibility index (Phi) is 6.03. The highest BCUT2D eigenvalue weighted by molar-refractivity contribution is 7.93. The summed E-state index contributed by atoms with van der Waals surface area (Å²) in [6.45, 7) is 1.02. The monoisotopic (exact) mass is 499 g/mol. The van der Waals surface area contributed by atoms with E-state index in [4.69, 9.17) is 4.74 Å². The molecule has 0 bridgehead atoms. The van der Waals surface area contributed by atoms with E-state index in [2.05, 4.69) is 4.98 Å². The molecule has 8 nitrogen and oxygen atoms in total. The molecule has 0 saturated heterocycles. The first-order chi connectivity index (χ1) is 16.4. The van der Waals surface area contributed by atoms with Gasteiger partial charge >= 0.3 is 5.97 Å². The van der Waals surface area contributed by atoms with Gasteiger partial charge in [-0.1, -0.05) is 43.5 Å². The summed E-state index contributed by atoms with van der Waals surface area (Å²) in [5.41, 5.74) is 0.440. The molecule has 5 rings (SSSR count). The van der Waals surface area contributed by atoms with Crippen LogP contribution in [0.25, 0.3) is 10.8 Å². The lowest BCUT2D eigenvalue weighted by Gasteiger charge is -2.34. The lowest BCUT2D eigenvalue weighted by molar-refractivity contribution is -0.152. The first kappa shape index (κ1) is 22.8. The lowest BCUT2D eigenvalue weighted by Crippen LogP contribution is -2.47.